The Morgan fingerprint density at radius 2 is 1.48 bits per heavy atom. The maximum atomic E-state index is 11.0. The summed E-state index contributed by atoms with van der Waals surface area (Å²) in [4.78, 5) is 11.0. The van der Waals surface area contributed by atoms with Crippen LogP contribution in [0.15, 0.2) is 90.1 Å². The zero-order valence-corrected chi connectivity index (χ0v) is 16.4. The van der Waals surface area contributed by atoms with Gasteiger partial charge in [-0.2, -0.15) is 0 Å². The van der Waals surface area contributed by atoms with E-state index in [2.05, 4.69) is 26.9 Å². The van der Waals surface area contributed by atoms with Gasteiger partial charge in [-0.1, -0.05) is 72.4 Å². The van der Waals surface area contributed by atoms with Gasteiger partial charge in [0.25, 0.3) is 0 Å². The van der Waals surface area contributed by atoms with Gasteiger partial charge >= 0.3 is 5.97 Å². The van der Waals surface area contributed by atoms with E-state index in [9.17, 15) is 4.79 Å². The molecule has 0 fully saturated rings. The summed E-state index contributed by atoms with van der Waals surface area (Å²) in [5.74, 6) is 0.639. The van der Waals surface area contributed by atoms with Crippen molar-refractivity contribution in [2.24, 2.45) is 0 Å². The smallest absolute Gasteiger partial charge is 0.335 e. The lowest BCUT2D eigenvalue weighted by atomic mass is 10.1. The standard InChI is InChI=1S/C23H19N3O2S/c27-22(28)19-13-11-18(12-14-19)16-29-23-25-24-21(15-17-7-3-1-4-8-17)26(23)20-9-5-2-6-10-20/h1-14H,15-16H2,(H,27,28). The van der Waals surface area contributed by atoms with Crippen molar-refractivity contribution in [2.75, 3.05) is 0 Å². The van der Waals surface area contributed by atoms with Crippen molar-refractivity contribution in [3.8, 4) is 5.69 Å². The van der Waals surface area contributed by atoms with E-state index >= 15 is 0 Å². The second-order valence-electron chi connectivity index (χ2n) is 6.52. The first-order valence-corrected chi connectivity index (χ1v) is 10.2. The molecule has 1 N–H and O–H groups in total. The molecule has 0 saturated heterocycles. The van der Waals surface area contributed by atoms with E-state index in [4.69, 9.17) is 5.11 Å². The van der Waals surface area contributed by atoms with Gasteiger partial charge in [-0.05, 0) is 35.4 Å². The number of hydrogen-bond acceptors (Lipinski definition) is 4. The predicted molar refractivity (Wildman–Crippen MR) is 114 cm³/mol. The second kappa shape index (κ2) is 8.75. The lowest BCUT2D eigenvalue weighted by Gasteiger charge is -2.10. The average Bonchev–Trinajstić information content (AvgIpc) is 3.16. The van der Waals surface area contributed by atoms with Crippen LogP contribution < -0.4 is 0 Å². The Bertz CT molecular complexity index is 1090. The number of aromatic nitrogens is 3. The fraction of sp³-hybridized carbons (Fsp3) is 0.0870. The summed E-state index contributed by atoms with van der Waals surface area (Å²) in [6.07, 6.45) is 0.691. The number of carboxylic acids is 1. The molecular formula is C23H19N3O2S. The van der Waals surface area contributed by atoms with Crippen molar-refractivity contribution in [1.82, 2.24) is 14.8 Å². The van der Waals surface area contributed by atoms with Crippen LogP contribution in [0, 0.1) is 0 Å². The monoisotopic (exact) mass is 401 g/mol. The van der Waals surface area contributed by atoms with Gasteiger partial charge in [-0.25, -0.2) is 4.79 Å². The van der Waals surface area contributed by atoms with Crippen LogP contribution in [0.3, 0.4) is 0 Å². The van der Waals surface area contributed by atoms with Crippen LogP contribution in [0.5, 0.6) is 0 Å². The predicted octanol–water partition coefficient (Wildman–Crippen LogP) is 4.85. The number of rotatable bonds is 7. The van der Waals surface area contributed by atoms with Gasteiger partial charge in [0.1, 0.15) is 5.82 Å². The molecule has 4 rings (SSSR count). The Kier molecular flexibility index (Phi) is 5.72. The summed E-state index contributed by atoms with van der Waals surface area (Å²) in [6, 6.07) is 27.2. The van der Waals surface area contributed by atoms with Crippen molar-refractivity contribution in [1.29, 1.82) is 0 Å². The van der Waals surface area contributed by atoms with Crippen LogP contribution >= 0.6 is 11.8 Å². The van der Waals surface area contributed by atoms with Crippen LogP contribution in [0.25, 0.3) is 5.69 Å². The van der Waals surface area contributed by atoms with Crippen molar-refractivity contribution in [2.45, 2.75) is 17.3 Å². The average molecular weight is 401 g/mol. The summed E-state index contributed by atoms with van der Waals surface area (Å²) in [5, 5.41) is 18.7. The Morgan fingerprint density at radius 3 is 2.14 bits per heavy atom. The summed E-state index contributed by atoms with van der Waals surface area (Å²) in [5.41, 5.74) is 3.52. The highest BCUT2D eigenvalue weighted by Gasteiger charge is 2.15. The molecule has 1 heterocycles. The maximum absolute atomic E-state index is 11.0. The fourth-order valence-corrected chi connectivity index (χ4v) is 3.94. The molecule has 1 aromatic heterocycles. The van der Waals surface area contributed by atoms with Crippen molar-refractivity contribution < 1.29 is 9.90 Å². The lowest BCUT2D eigenvalue weighted by molar-refractivity contribution is 0.0697. The number of aromatic carboxylic acids is 1. The summed E-state index contributed by atoms with van der Waals surface area (Å²) >= 11 is 1.58. The number of benzene rings is 3. The molecule has 0 unspecified atom stereocenters. The molecule has 5 nitrogen and oxygen atoms in total. The molecule has 0 atom stereocenters. The van der Waals surface area contributed by atoms with E-state index in [0.717, 1.165) is 22.2 Å². The third kappa shape index (κ3) is 4.55. The molecule has 6 heteroatoms. The van der Waals surface area contributed by atoms with Crippen molar-refractivity contribution >= 4 is 17.7 Å². The van der Waals surface area contributed by atoms with E-state index in [1.54, 1.807) is 23.9 Å². The maximum Gasteiger partial charge on any atom is 0.335 e. The van der Waals surface area contributed by atoms with Crippen molar-refractivity contribution in [3.63, 3.8) is 0 Å². The Balaban J connectivity index is 1.60. The first-order valence-electron chi connectivity index (χ1n) is 9.19. The molecule has 0 aliphatic rings. The minimum Gasteiger partial charge on any atom is -0.478 e. The van der Waals surface area contributed by atoms with Gasteiger partial charge in [-0.3, -0.25) is 4.57 Å². The molecule has 0 amide bonds. The number of hydrogen-bond donors (Lipinski definition) is 1. The molecule has 0 radical (unpaired) electrons. The van der Waals surface area contributed by atoms with Crippen LogP contribution in [0.4, 0.5) is 0 Å². The molecule has 0 aliphatic carbocycles. The summed E-state index contributed by atoms with van der Waals surface area (Å²) < 4.78 is 2.09. The van der Waals surface area contributed by atoms with Crippen LogP contribution in [-0.4, -0.2) is 25.8 Å². The van der Waals surface area contributed by atoms with Crippen LogP contribution in [0.1, 0.15) is 27.3 Å². The van der Waals surface area contributed by atoms with Gasteiger partial charge in [0.05, 0.1) is 5.56 Å². The highest BCUT2D eigenvalue weighted by Crippen LogP contribution is 2.26. The van der Waals surface area contributed by atoms with E-state index in [1.807, 2.05) is 60.7 Å². The van der Waals surface area contributed by atoms with Crippen LogP contribution in [-0.2, 0) is 12.2 Å². The number of carboxylic acid groups (broad SMARTS) is 1. The molecule has 0 saturated carbocycles. The SMILES string of the molecule is O=C(O)c1ccc(CSc2nnc(Cc3ccccc3)n2-c2ccccc2)cc1. The summed E-state index contributed by atoms with van der Waals surface area (Å²) in [7, 11) is 0. The van der Waals surface area contributed by atoms with Gasteiger partial charge < -0.3 is 5.11 Å². The third-order valence-corrected chi connectivity index (χ3v) is 5.49. The first kappa shape index (κ1) is 19.0. The number of nitrogens with zero attached hydrogens (tertiary/aromatic N) is 3. The highest BCUT2D eigenvalue weighted by molar-refractivity contribution is 7.98. The van der Waals surface area contributed by atoms with Gasteiger partial charge in [-0.15, -0.1) is 10.2 Å². The van der Waals surface area contributed by atoms with E-state index < -0.39 is 5.97 Å². The zero-order valence-electron chi connectivity index (χ0n) is 15.6. The number of thioether (sulfide) groups is 1. The van der Waals surface area contributed by atoms with Gasteiger partial charge in [0.15, 0.2) is 5.16 Å². The lowest BCUT2D eigenvalue weighted by Crippen LogP contribution is -2.03. The Hall–Kier alpha value is -3.38. The molecule has 0 aliphatic heterocycles. The number of carbonyl (C=O) groups is 1. The minimum absolute atomic E-state index is 0.288. The van der Waals surface area contributed by atoms with E-state index in [1.165, 1.54) is 5.56 Å². The number of para-hydroxylation sites is 1. The summed E-state index contributed by atoms with van der Waals surface area (Å²) in [6.45, 7) is 0. The molecule has 3 aromatic carbocycles. The zero-order chi connectivity index (χ0) is 20.1. The second-order valence-corrected chi connectivity index (χ2v) is 7.47. The van der Waals surface area contributed by atoms with Gasteiger partial charge in [0, 0.05) is 17.9 Å². The molecule has 29 heavy (non-hydrogen) atoms. The molecule has 0 bridgehead atoms. The highest BCUT2D eigenvalue weighted by atomic mass is 32.2. The molecular weight excluding hydrogens is 382 g/mol. The van der Waals surface area contributed by atoms with Crippen LogP contribution in [0.2, 0.25) is 0 Å². The molecule has 144 valence electrons. The first-order chi connectivity index (χ1) is 14.2. The van der Waals surface area contributed by atoms with Gasteiger partial charge in [0.2, 0.25) is 0 Å². The fourth-order valence-electron chi connectivity index (χ4n) is 3.01. The topological polar surface area (TPSA) is 68.0 Å². The van der Waals surface area contributed by atoms with E-state index in [0.29, 0.717) is 12.2 Å². The largest absolute Gasteiger partial charge is 0.478 e. The Labute approximate surface area is 173 Å². The minimum atomic E-state index is -0.918. The molecule has 4 aromatic rings. The van der Waals surface area contributed by atoms with E-state index in [-0.39, 0.29) is 5.56 Å². The normalized spacial score (nSPS) is 10.8. The Morgan fingerprint density at radius 1 is 0.828 bits per heavy atom. The third-order valence-electron chi connectivity index (χ3n) is 4.49. The molecule has 0 spiro atoms. The van der Waals surface area contributed by atoms with Crippen molar-refractivity contribution in [3.05, 3.63) is 107 Å². The quantitative estimate of drug-likeness (QED) is 0.449.